The van der Waals surface area contributed by atoms with Crippen molar-refractivity contribution < 1.29 is 100 Å². The molecule has 124 heavy (non-hydrogen) atoms. The maximum Gasteiger partial charge on any atom is 0.416 e. The quantitative estimate of drug-likeness (QED) is 0.0266. The molecule has 3 aliphatic rings. The molecule has 0 radical (unpaired) electrons. The number of rotatable bonds is 36. The summed E-state index contributed by atoms with van der Waals surface area (Å²) >= 11 is 0. The number of nitrogens with zero attached hydrogens (tertiary/aromatic N) is 3. The van der Waals surface area contributed by atoms with Gasteiger partial charge in [0.05, 0.1) is 59.9 Å². The Morgan fingerprint density at radius 3 is 1.04 bits per heavy atom. The number of hydrogen-bond donors (Lipinski definition) is 4. The number of ether oxygens (including phenoxy) is 10. The summed E-state index contributed by atoms with van der Waals surface area (Å²) in [6, 6.07) is 76.1. The van der Waals surface area contributed by atoms with Crippen LogP contribution in [0.2, 0.25) is 0 Å². The molecular weight excluding hydrogens is 1590 g/mol. The largest absolute Gasteiger partial charge is 0.497 e. The van der Waals surface area contributed by atoms with Crippen molar-refractivity contribution in [1.82, 2.24) is 13.7 Å². The van der Waals surface area contributed by atoms with Gasteiger partial charge in [0.2, 0.25) is 0 Å². The summed E-state index contributed by atoms with van der Waals surface area (Å²) in [4.78, 5) is 49.4. The first kappa shape index (κ1) is 84.9. The van der Waals surface area contributed by atoms with Crippen LogP contribution < -0.4 is 42.6 Å². The number of benzene rings is 11. The van der Waals surface area contributed by atoms with Crippen LogP contribution in [0.3, 0.4) is 0 Å². The molecule has 0 unspecified atom stereocenters. The van der Waals surface area contributed by atoms with Gasteiger partial charge in [-0.3, -0.25) is 0 Å². The van der Waals surface area contributed by atoms with Crippen molar-refractivity contribution in [3.05, 3.63) is 305 Å². The molecule has 0 spiro atoms. The topological polar surface area (TPSA) is 256 Å². The van der Waals surface area contributed by atoms with Crippen LogP contribution in [0.25, 0.3) is 66.1 Å². The minimum Gasteiger partial charge on any atom is -0.497 e. The standard InChI is InChI=1S/C36H35NO6.C35H30F3NO5.C29H27NO7/c1-40-30-9-5-8-27(20-30)22-37-33-17-16-31(42-19-18-41-23-25-6-3-2-4-7-25)21-32(33)34(35(37)36(38)39)28-12-14-29(15-13-28)43-24-26-10-11-26;1-42-28-7-3-4-23(17-28)19-39-31-15-14-29(44-21-24-5-2-6-26(16-24)35(36,37)38)18-30(31)32(33(39)34(40)41)25-10-12-27(13-11-25)43-20-22-8-9-22;1-35-22-4-2-3-19(13-22)15-30-25-12-11-23(37-17-26(31)32)14-24(25)27(28(30)29(33)34)20-7-9-21(10-8-20)36-16-18-5-6-18/h2-9,12-17,20-21,26H,10-11,18-19,22-24H2,1H3,(H,38,39);2-7,10-18,22H,8-9,19-21H2,1H3,(H,40,41);2-4,7-14,18H,5-6,15-17H2,1H3,(H,31,32)(H,33,34). The summed E-state index contributed by atoms with van der Waals surface area (Å²) < 4.78 is 102. The highest BCUT2D eigenvalue weighted by molar-refractivity contribution is 6.11. The number of aliphatic carboxylic acids is 1. The summed E-state index contributed by atoms with van der Waals surface area (Å²) in [7, 11) is 4.78. The molecule has 21 nitrogen and oxygen atoms in total. The third-order valence-electron chi connectivity index (χ3n) is 21.7. The molecule has 0 amide bonds. The van der Waals surface area contributed by atoms with Gasteiger partial charge in [-0.2, -0.15) is 13.2 Å². The lowest BCUT2D eigenvalue weighted by Crippen LogP contribution is -2.10. The number of fused-ring (bicyclic) bond motifs is 3. The van der Waals surface area contributed by atoms with Gasteiger partial charge in [0.1, 0.15) is 82.0 Å². The predicted octanol–water partition coefficient (Wildman–Crippen LogP) is 21.2. The number of alkyl halides is 3. The number of carbonyl (C=O) groups is 4. The Labute approximate surface area is 713 Å². The van der Waals surface area contributed by atoms with Crippen LogP contribution in [-0.4, -0.2) is 119 Å². The number of carboxylic acids is 4. The molecule has 0 bridgehead atoms. The second-order valence-corrected chi connectivity index (χ2v) is 30.8. The monoisotopic (exact) mass is 1680 g/mol. The van der Waals surface area contributed by atoms with Crippen LogP contribution in [0, 0.1) is 17.8 Å². The summed E-state index contributed by atoms with van der Waals surface area (Å²) in [5.74, 6) is 3.28. The van der Waals surface area contributed by atoms with Gasteiger partial charge in [-0.15, -0.1) is 0 Å². The zero-order valence-electron chi connectivity index (χ0n) is 68.5. The van der Waals surface area contributed by atoms with Gasteiger partial charge in [-0.25, -0.2) is 19.2 Å². The Kier molecular flexibility index (Phi) is 26.5. The molecule has 3 aliphatic carbocycles. The van der Waals surface area contributed by atoms with Crippen LogP contribution in [0.1, 0.15) is 103 Å². The van der Waals surface area contributed by atoms with Gasteiger partial charge in [0, 0.05) is 69.0 Å². The fourth-order valence-electron chi connectivity index (χ4n) is 14.9. The van der Waals surface area contributed by atoms with Gasteiger partial charge in [-0.05, 0) is 240 Å². The molecule has 0 atom stereocenters. The van der Waals surface area contributed by atoms with Gasteiger partial charge < -0.3 is 81.5 Å². The molecule has 3 heterocycles. The van der Waals surface area contributed by atoms with E-state index in [1.807, 2.05) is 199 Å². The highest BCUT2D eigenvalue weighted by Gasteiger charge is 2.33. The molecule has 3 fully saturated rings. The molecule has 3 aromatic heterocycles. The highest BCUT2D eigenvalue weighted by atomic mass is 19.4. The Hall–Kier alpha value is -14.1. The van der Waals surface area contributed by atoms with Crippen LogP contribution in [0.15, 0.2) is 255 Å². The van der Waals surface area contributed by atoms with E-state index in [2.05, 4.69) is 0 Å². The number of methoxy groups -OCH3 is 3. The number of carboxylic acid groups (broad SMARTS) is 4. The molecule has 0 saturated heterocycles. The molecule has 4 N–H and O–H groups in total. The Balaban J connectivity index is 0.000000145. The third kappa shape index (κ3) is 21.2. The summed E-state index contributed by atoms with van der Waals surface area (Å²) in [5.41, 5.74) is 9.86. The summed E-state index contributed by atoms with van der Waals surface area (Å²) in [6.07, 6.45) is 2.71. The first-order valence-corrected chi connectivity index (χ1v) is 40.9. The van der Waals surface area contributed by atoms with Crippen LogP contribution in [0.4, 0.5) is 13.2 Å². The molecule has 636 valence electrons. The summed E-state index contributed by atoms with van der Waals surface area (Å²) in [6.45, 7) is 3.73. The minimum absolute atomic E-state index is 0.0892. The van der Waals surface area contributed by atoms with E-state index < -0.39 is 42.2 Å². The van der Waals surface area contributed by atoms with E-state index in [1.54, 1.807) is 72.9 Å². The first-order valence-electron chi connectivity index (χ1n) is 40.9. The number of hydrogen-bond acceptors (Lipinski definition) is 14. The molecule has 11 aromatic carbocycles. The predicted molar refractivity (Wildman–Crippen MR) is 464 cm³/mol. The SMILES string of the molecule is COc1cccc(Cn2c(C(=O)O)c(-c3ccc(OCC4CC4)cc3)c3cc(OCC(=O)O)ccc32)c1.COc1cccc(Cn2c(C(=O)O)c(-c3ccc(OCC4CC4)cc3)c3cc(OCCOCc4ccccc4)ccc32)c1.COc1cccc(Cn2c(C(=O)O)c(-c3ccc(OCC4CC4)cc3)c3cc(OCc4cccc(C(F)(F)F)c4)ccc32)c1. The molecule has 24 heteroatoms. The number of aromatic nitrogens is 3. The average Bonchev–Trinajstić information content (AvgIpc) is 1.60. The zero-order chi connectivity index (χ0) is 86.4. The van der Waals surface area contributed by atoms with Gasteiger partial charge in [-0.1, -0.05) is 115 Å². The second kappa shape index (κ2) is 38.7. The summed E-state index contributed by atoms with van der Waals surface area (Å²) in [5, 5.41) is 42.5. The van der Waals surface area contributed by atoms with E-state index in [-0.39, 0.29) is 30.2 Å². The zero-order valence-corrected chi connectivity index (χ0v) is 68.5. The molecule has 3 saturated carbocycles. The van der Waals surface area contributed by atoms with E-state index in [1.165, 1.54) is 44.6 Å². The fraction of sp³-hybridized carbons (Fsp3) is 0.240. The Bertz CT molecular complexity index is 6130. The lowest BCUT2D eigenvalue weighted by atomic mass is 10.0. The Morgan fingerprint density at radius 1 is 0.339 bits per heavy atom. The van der Waals surface area contributed by atoms with Crippen molar-refractivity contribution in [2.45, 2.75) is 77.5 Å². The average molecular weight is 1680 g/mol. The van der Waals surface area contributed by atoms with E-state index in [0.717, 1.165) is 74.7 Å². The lowest BCUT2D eigenvalue weighted by Gasteiger charge is -2.11. The van der Waals surface area contributed by atoms with E-state index >= 15 is 0 Å². The smallest absolute Gasteiger partial charge is 0.416 e. The minimum atomic E-state index is -4.46. The van der Waals surface area contributed by atoms with Crippen molar-refractivity contribution >= 4 is 56.6 Å². The second-order valence-electron chi connectivity index (χ2n) is 30.8. The number of halogens is 3. The van der Waals surface area contributed by atoms with Crippen LogP contribution >= 0.6 is 0 Å². The van der Waals surface area contributed by atoms with Gasteiger partial charge in [0.25, 0.3) is 0 Å². The normalized spacial score (nSPS) is 13.0. The maximum absolute atomic E-state index is 13.2. The highest BCUT2D eigenvalue weighted by Crippen LogP contribution is 2.44. The molecule has 0 aliphatic heterocycles. The lowest BCUT2D eigenvalue weighted by molar-refractivity contribution is -0.139. The Morgan fingerprint density at radius 2 is 0.685 bits per heavy atom. The molecule has 14 aromatic rings. The van der Waals surface area contributed by atoms with Gasteiger partial charge in [0.15, 0.2) is 6.61 Å². The van der Waals surface area contributed by atoms with Crippen molar-refractivity contribution in [2.24, 2.45) is 17.8 Å². The molecular formula is C100H92F3N3O18. The fourth-order valence-corrected chi connectivity index (χ4v) is 14.9. The van der Waals surface area contributed by atoms with Crippen molar-refractivity contribution in [1.29, 1.82) is 0 Å². The maximum atomic E-state index is 13.2. The number of aromatic carboxylic acids is 3. The van der Waals surface area contributed by atoms with E-state index in [0.29, 0.717) is 154 Å². The van der Waals surface area contributed by atoms with Crippen molar-refractivity contribution in [3.63, 3.8) is 0 Å². The van der Waals surface area contributed by atoms with Crippen molar-refractivity contribution in [3.8, 4) is 85.1 Å². The van der Waals surface area contributed by atoms with Crippen molar-refractivity contribution in [2.75, 3.05) is 61.0 Å². The third-order valence-corrected chi connectivity index (χ3v) is 21.7. The van der Waals surface area contributed by atoms with E-state index in [9.17, 15) is 47.7 Å². The first-order chi connectivity index (χ1) is 60.2. The van der Waals surface area contributed by atoms with Gasteiger partial charge >= 0.3 is 30.1 Å². The van der Waals surface area contributed by atoms with Crippen LogP contribution in [0.5, 0.6) is 51.7 Å². The van der Waals surface area contributed by atoms with E-state index in [4.69, 9.17) is 52.5 Å². The molecule has 17 rings (SSSR count). The van der Waals surface area contributed by atoms with Crippen LogP contribution in [-0.2, 0) is 48.6 Å².